The van der Waals surface area contributed by atoms with E-state index in [4.69, 9.17) is 4.74 Å². The molecule has 0 aliphatic rings. The van der Waals surface area contributed by atoms with Gasteiger partial charge in [-0.25, -0.2) is 0 Å². The van der Waals surface area contributed by atoms with Crippen molar-refractivity contribution in [1.82, 2.24) is 0 Å². The number of benzene rings is 1. The van der Waals surface area contributed by atoms with Crippen LogP contribution < -0.4 is 0 Å². The van der Waals surface area contributed by atoms with Crippen LogP contribution in [0.15, 0.2) is 42.2 Å². The van der Waals surface area contributed by atoms with Gasteiger partial charge in [-0.1, -0.05) is 50.6 Å². The smallest absolute Gasteiger partial charge is 0.0913 e. The number of hydrogen-bond acceptors (Lipinski definition) is 1. The highest BCUT2D eigenvalue weighted by molar-refractivity contribution is 5.14. The van der Waals surface area contributed by atoms with Crippen molar-refractivity contribution >= 4 is 0 Å². The summed E-state index contributed by atoms with van der Waals surface area (Å²) < 4.78 is 5.63. The van der Waals surface area contributed by atoms with Crippen molar-refractivity contribution in [2.45, 2.75) is 46.0 Å². The largest absolute Gasteiger partial charge is 0.501 e. The van der Waals surface area contributed by atoms with E-state index in [1.165, 1.54) is 30.4 Å². The Hall–Kier alpha value is -1.24. The molecular weight excluding hydrogens is 208 g/mol. The molecule has 1 heteroatoms. The van der Waals surface area contributed by atoms with Crippen molar-refractivity contribution in [1.29, 1.82) is 0 Å². The molecule has 1 nitrogen and oxygen atoms in total. The standard InChI is InChI=1S/C16H24O/c1-3-5-9-15(4-2)14-17-13-12-16-10-7-6-8-11-16/h6-8,10-11,14H,3-5,9,12-13H2,1-2H3/b15-14+. The van der Waals surface area contributed by atoms with Crippen molar-refractivity contribution in [3.8, 4) is 0 Å². The second-order valence-corrected chi connectivity index (χ2v) is 4.34. The van der Waals surface area contributed by atoms with Gasteiger partial charge in [-0.05, 0) is 30.4 Å². The molecule has 0 spiro atoms. The third-order valence-electron chi connectivity index (χ3n) is 2.91. The van der Waals surface area contributed by atoms with Crippen LogP contribution in [0.25, 0.3) is 0 Å². The first kappa shape index (κ1) is 13.8. The van der Waals surface area contributed by atoms with E-state index >= 15 is 0 Å². The minimum absolute atomic E-state index is 0.777. The van der Waals surface area contributed by atoms with E-state index in [2.05, 4.69) is 38.1 Å². The van der Waals surface area contributed by atoms with E-state index in [1.54, 1.807) is 0 Å². The summed E-state index contributed by atoms with van der Waals surface area (Å²) in [6, 6.07) is 10.5. The third kappa shape index (κ3) is 6.15. The van der Waals surface area contributed by atoms with Crippen molar-refractivity contribution < 1.29 is 4.74 Å². The number of allylic oxidation sites excluding steroid dienone is 1. The average molecular weight is 232 g/mol. The normalized spacial score (nSPS) is 11.5. The van der Waals surface area contributed by atoms with Crippen molar-refractivity contribution in [2.24, 2.45) is 0 Å². The Labute approximate surface area is 106 Å². The maximum Gasteiger partial charge on any atom is 0.0913 e. The molecule has 0 aliphatic carbocycles. The van der Waals surface area contributed by atoms with Gasteiger partial charge in [0.15, 0.2) is 0 Å². The zero-order chi connectivity index (χ0) is 12.3. The second-order valence-electron chi connectivity index (χ2n) is 4.34. The van der Waals surface area contributed by atoms with E-state index in [0.717, 1.165) is 19.4 Å². The third-order valence-corrected chi connectivity index (χ3v) is 2.91. The molecule has 0 saturated heterocycles. The molecule has 1 aromatic rings. The van der Waals surface area contributed by atoms with Crippen LogP contribution in [0.2, 0.25) is 0 Å². The fraction of sp³-hybridized carbons (Fsp3) is 0.500. The predicted molar refractivity (Wildman–Crippen MR) is 74.0 cm³/mol. The molecular formula is C16H24O. The van der Waals surface area contributed by atoms with E-state index in [0.29, 0.717) is 0 Å². The highest BCUT2D eigenvalue weighted by Gasteiger charge is 1.95. The lowest BCUT2D eigenvalue weighted by Gasteiger charge is -2.06. The fourth-order valence-electron chi connectivity index (χ4n) is 1.72. The first-order valence-corrected chi connectivity index (χ1v) is 6.70. The summed E-state index contributed by atoms with van der Waals surface area (Å²) in [5.74, 6) is 0. The molecule has 0 N–H and O–H groups in total. The summed E-state index contributed by atoms with van der Waals surface area (Å²) in [5.41, 5.74) is 2.77. The quantitative estimate of drug-likeness (QED) is 0.465. The van der Waals surface area contributed by atoms with Gasteiger partial charge in [0.2, 0.25) is 0 Å². The molecule has 1 aromatic carbocycles. The monoisotopic (exact) mass is 232 g/mol. The molecule has 0 saturated carbocycles. The van der Waals surface area contributed by atoms with Crippen molar-refractivity contribution in [3.63, 3.8) is 0 Å². The maximum atomic E-state index is 5.63. The molecule has 0 heterocycles. The molecule has 0 atom stereocenters. The number of ether oxygens (including phenoxy) is 1. The molecule has 94 valence electrons. The Bertz CT molecular complexity index is 314. The SMILES string of the molecule is CCCC/C(=C/OCCc1ccccc1)CC. The van der Waals surface area contributed by atoms with Crippen molar-refractivity contribution in [2.75, 3.05) is 6.61 Å². The van der Waals surface area contributed by atoms with Gasteiger partial charge in [0, 0.05) is 6.42 Å². The van der Waals surface area contributed by atoms with E-state index < -0.39 is 0 Å². The summed E-state index contributed by atoms with van der Waals surface area (Å²) in [5, 5.41) is 0. The lowest BCUT2D eigenvalue weighted by atomic mass is 10.1. The fourth-order valence-corrected chi connectivity index (χ4v) is 1.72. The molecule has 0 unspecified atom stereocenters. The van der Waals surface area contributed by atoms with Crippen LogP contribution >= 0.6 is 0 Å². The highest BCUT2D eigenvalue weighted by Crippen LogP contribution is 2.11. The van der Waals surface area contributed by atoms with Gasteiger partial charge in [0.25, 0.3) is 0 Å². The minimum Gasteiger partial charge on any atom is -0.501 e. The average Bonchev–Trinajstić information content (AvgIpc) is 2.39. The van der Waals surface area contributed by atoms with Crippen LogP contribution in [-0.4, -0.2) is 6.61 Å². The molecule has 0 amide bonds. The number of unbranched alkanes of at least 4 members (excludes halogenated alkanes) is 1. The summed E-state index contributed by atoms with van der Waals surface area (Å²) >= 11 is 0. The van der Waals surface area contributed by atoms with Gasteiger partial charge >= 0.3 is 0 Å². The Morgan fingerprint density at radius 3 is 2.59 bits per heavy atom. The molecule has 17 heavy (non-hydrogen) atoms. The molecule has 0 aliphatic heterocycles. The van der Waals surface area contributed by atoms with Crippen LogP contribution in [0, 0.1) is 0 Å². The minimum atomic E-state index is 0.777. The molecule has 1 rings (SSSR count). The van der Waals surface area contributed by atoms with Crippen LogP contribution in [-0.2, 0) is 11.2 Å². The predicted octanol–water partition coefficient (Wildman–Crippen LogP) is 4.73. The number of hydrogen-bond donors (Lipinski definition) is 0. The van der Waals surface area contributed by atoms with Gasteiger partial charge in [0.05, 0.1) is 12.9 Å². The van der Waals surface area contributed by atoms with E-state index in [9.17, 15) is 0 Å². The molecule has 0 fully saturated rings. The van der Waals surface area contributed by atoms with Crippen LogP contribution in [0.4, 0.5) is 0 Å². The number of rotatable bonds is 8. The van der Waals surface area contributed by atoms with Gasteiger partial charge < -0.3 is 4.74 Å². The molecule has 0 aromatic heterocycles. The maximum absolute atomic E-state index is 5.63. The van der Waals surface area contributed by atoms with Gasteiger partial charge in [-0.2, -0.15) is 0 Å². The first-order valence-electron chi connectivity index (χ1n) is 6.70. The Morgan fingerprint density at radius 1 is 1.18 bits per heavy atom. The second kappa shape index (κ2) is 8.86. The van der Waals surface area contributed by atoms with Crippen molar-refractivity contribution in [3.05, 3.63) is 47.7 Å². The first-order chi connectivity index (χ1) is 8.36. The topological polar surface area (TPSA) is 9.23 Å². The summed E-state index contributed by atoms with van der Waals surface area (Å²) in [4.78, 5) is 0. The Kier molecular flexibility index (Phi) is 7.20. The van der Waals surface area contributed by atoms with Gasteiger partial charge in [-0.15, -0.1) is 0 Å². The van der Waals surface area contributed by atoms with E-state index in [1.807, 2.05) is 12.3 Å². The zero-order valence-corrected chi connectivity index (χ0v) is 11.1. The zero-order valence-electron chi connectivity index (χ0n) is 11.1. The lowest BCUT2D eigenvalue weighted by molar-refractivity contribution is 0.249. The lowest BCUT2D eigenvalue weighted by Crippen LogP contribution is -1.94. The van der Waals surface area contributed by atoms with Crippen LogP contribution in [0.5, 0.6) is 0 Å². The molecule has 0 bridgehead atoms. The summed E-state index contributed by atoms with van der Waals surface area (Å²) in [6.07, 6.45) is 7.76. The highest BCUT2D eigenvalue weighted by atomic mass is 16.5. The van der Waals surface area contributed by atoms with Crippen LogP contribution in [0.1, 0.15) is 45.1 Å². The Morgan fingerprint density at radius 2 is 1.94 bits per heavy atom. The van der Waals surface area contributed by atoms with Crippen LogP contribution in [0.3, 0.4) is 0 Å². The summed E-state index contributed by atoms with van der Waals surface area (Å²) in [6.45, 7) is 5.20. The summed E-state index contributed by atoms with van der Waals surface area (Å²) in [7, 11) is 0. The van der Waals surface area contributed by atoms with E-state index in [-0.39, 0.29) is 0 Å². The van der Waals surface area contributed by atoms with Gasteiger partial charge in [0.1, 0.15) is 0 Å². The van der Waals surface area contributed by atoms with Gasteiger partial charge in [-0.3, -0.25) is 0 Å². The molecule has 0 radical (unpaired) electrons. The Balaban J connectivity index is 2.23.